The van der Waals surface area contributed by atoms with Crippen molar-refractivity contribution in [2.75, 3.05) is 0 Å². The average Bonchev–Trinajstić information content (AvgIpc) is 2.27. The lowest BCUT2D eigenvalue weighted by Crippen LogP contribution is -2.46. The second-order valence-electron chi connectivity index (χ2n) is 4.20. The predicted molar refractivity (Wildman–Crippen MR) is 56.7 cm³/mol. The summed E-state index contributed by atoms with van der Waals surface area (Å²) in [6.07, 6.45) is -0.888. The molecule has 1 rings (SSSR count). The van der Waals surface area contributed by atoms with Crippen LogP contribution in [-0.2, 0) is 9.59 Å². The number of halogens is 3. The van der Waals surface area contributed by atoms with Gasteiger partial charge in [0.1, 0.15) is 6.04 Å². The molecule has 0 aromatic carbocycles. The molecule has 7 heteroatoms. The second kappa shape index (κ2) is 5.88. The van der Waals surface area contributed by atoms with Gasteiger partial charge in [-0.25, -0.2) is 4.79 Å². The molecule has 0 saturated heterocycles. The Morgan fingerprint density at radius 2 is 2.06 bits per heavy atom. The molecule has 1 aliphatic rings. The molecule has 0 spiro atoms. The zero-order chi connectivity index (χ0) is 13.8. The van der Waals surface area contributed by atoms with E-state index in [-0.39, 0.29) is 0 Å². The van der Waals surface area contributed by atoms with Crippen molar-refractivity contribution < 1.29 is 27.9 Å². The van der Waals surface area contributed by atoms with Gasteiger partial charge in [0.2, 0.25) is 5.91 Å². The molecule has 0 aromatic rings. The first kappa shape index (κ1) is 14.5. The number of carbonyl (C=O) groups is 2. The van der Waals surface area contributed by atoms with Crippen molar-refractivity contribution >= 4 is 11.9 Å². The Hall–Kier alpha value is -1.53. The lowest BCUT2D eigenvalue weighted by molar-refractivity contribution is -0.160. The van der Waals surface area contributed by atoms with Crippen molar-refractivity contribution in [3.8, 4) is 0 Å². The molecule has 2 atom stereocenters. The number of alkyl halides is 3. The monoisotopic (exact) mass is 265 g/mol. The van der Waals surface area contributed by atoms with Crippen LogP contribution < -0.4 is 5.32 Å². The molecular formula is C11H14F3NO3. The molecule has 0 radical (unpaired) electrons. The first-order valence-corrected chi connectivity index (χ1v) is 5.54. The molecule has 0 bridgehead atoms. The highest BCUT2D eigenvalue weighted by atomic mass is 19.4. The van der Waals surface area contributed by atoms with E-state index >= 15 is 0 Å². The summed E-state index contributed by atoms with van der Waals surface area (Å²) < 4.78 is 36.4. The number of carbonyl (C=O) groups excluding carboxylic acids is 1. The third kappa shape index (κ3) is 4.77. The average molecular weight is 265 g/mol. The first-order chi connectivity index (χ1) is 8.29. The van der Waals surface area contributed by atoms with E-state index in [1.54, 1.807) is 6.08 Å². The Balaban J connectivity index is 2.57. The van der Waals surface area contributed by atoms with Crippen LogP contribution in [0.15, 0.2) is 12.2 Å². The quantitative estimate of drug-likeness (QED) is 0.762. The van der Waals surface area contributed by atoms with Gasteiger partial charge in [0.05, 0.1) is 6.42 Å². The van der Waals surface area contributed by atoms with Crippen LogP contribution in [0.2, 0.25) is 0 Å². The maximum absolute atomic E-state index is 12.1. The van der Waals surface area contributed by atoms with E-state index in [0.29, 0.717) is 19.3 Å². The normalized spacial score (nSPS) is 21.4. The molecule has 0 saturated carbocycles. The summed E-state index contributed by atoms with van der Waals surface area (Å²) in [6, 6.07) is -1.91. The molecule has 0 aromatic heterocycles. The summed E-state index contributed by atoms with van der Waals surface area (Å²) >= 11 is 0. The van der Waals surface area contributed by atoms with Gasteiger partial charge >= 0.3 is 12.1 Å². The number of nitrogens with one attached hydrogen (secondary N) is 1. The summed E-state index contributed by atoms with van der Waals surface area (Å²) in [5.41, 5.74) is 0. The van der Waals surface area contributed by atoms with Crippen LogP contribution in [-0.4, -0.2) is 29.2 Å². The largest absolute Gasteiger partial charge is 0.480 e. The summed E-state index contributed by atoms with van der Waals surface area (Å²) in [5.74, 6) is -2.74. The summed E-state index contributed by atoms with van der Waals surface area (Å²) in [5, 5.41) is 10.6. The molecule has 102 valence electrons. The van der Waals surface area contributed by atoms with Gasteiger partial charge in [-0.2, -0.15) is 13.2 Å². The molecule has 18 heavy (non-hydrogen) atoms. The lowest BCUT2D eigenvalue weighted by Gasteiger charge is -2.21. The van der Waals surface area contributed by atoms with Crippen LogP contribution >= 0.6 is 0 Å². The minimum atomic E-state index is -4.62. The van der Waals surface area contributed by atoms with E-state index in [4.69, 9.17) is 5.11 Å². The Morgan fingerprint density at radius 3 is 2.50 bits per heavy atom. The number of hydrogen-bond acceptors (Lipinski definition) is 2. The molecule has 1 amide bonds. The Kier molecular flexibility index (Phi) is 4.75. The van der Waals surface area contributed by atoms with Crippen molar-refractivity contribution in [2.24, 2.45) is 5.92 Å². The molecule has 0 heterocycles. The van der Waals surface area contributed by atoms with Crippen molar-refractivity contribution in [2.45, 2.75) is 37.9 Å². The maximum Gasteiger partial charge on any atom is 0.391 e. The molecule has 2 N–H and O–H groups in total. The van der Waals surface area contributed by atoms with Crippen LogP contribution in [0.1, 0.15) is 25.7 Å². The Labute approximate surface area is 102 Å². The summed E-state index contributed by atoms with van der Waals surface area (Å²) in [4.78, 5) is 22.3. The maximum atomic E-state index is 12.1. The van der Waals surface area contributed by atoms with Gasteiger partial charge in [0.25, 0.3) is 0 Å². The predicted octanol–water partition coefficient (Wildman–Crippen LogP) is 1.86. The van der Waals surface area contributed by atoms with Crippen LogP contribution in [0.5, 0.6) is 0 Å². The number of rotatable bonds is 4. The molecular weight excluding hydrogens is 251 g/mol. The molecule has 1 aliphatic carbocycles. The highest BCUT2D eigenvalue weighted by Crippen LogP contribution is 2.23. The molecule has 0 fully saturated rings. The van der Waals surface area contributed by atoms with Crippen LogP contribution in [0.4, 0.5) is 13.2 Å². The van der Waals surface area contributed by atoms with Crippen molar-refractivity contribution in [3.63, 3.8) is 0 Å². The van der Waals surface area contributed by atoms with Crippen molar-refractivity contribution in [1.82, 2.24) is 5.32 Å². The van der Waals surface area contributed by atoms with Gasteiger partial charge in [-0.05, 0) is 19.3 Å². The second-order valence-corrected chi connectivity index (χ2v) is 4.20. The highest BCUT2D eigenvalue weighted by Gasteiger charge is 2.37. The summed E-state index contributed by atoms with van der Waals surface area (Å²) in [6.45, 7) is 0. The highest BCUT2D eigenvalue weighted by molar-refractivity contribution is 5.85. The number of aliphatic carboxylic acids is 1. The standard InChI is InChI=1S/C11H14F3NO3/c12-11(13,14)6-8(10(17)18)15-9(16)7-4-2-1-3-5-7/h1-2,7-8H,3-6H2,(H,15,16)(H,17,18). The fraction of sp³-hybridized carbons (Fsp3) is 0.636. The van der Waals surface area contributed by atoms with E-state index < -0.39 is 36.4 Å². The first-order valence-electron chi connectivity index (χ1n) is 5.54. The molecule has 0 aliphatic heterocycles. The summed E-state index contributed by atoms with van der Waals surface area (Å²) in [7, 11) is 0. The fourth-order valence-electron chi connectivity index (χ4n) is 1.75. The fourth-order valence-corrected chi connectivity index (χ4v) is 1.75. The van der Waals surface area contributed by atoms with E-state index in [2.05, 4.69) is 0 Å². The smallest absolute Gasteiger partial charge is 0.391 e. The lowest BCUT2D eigenvalue weighted by atomic mass is 9.93. The van der Waals surface area contributed by atoms with Crippen LogP contribution in [0, 0.1) is 5.92 Å². The third-order valence-electron chi connectivity index (χ3n) is 2.69. The Morgan fingerprint density at radius 1 is 1.39 bits per heavy atom. The number of allylic oxidation sites excluding steroid dienone is 2. The van der Waals surface area contributed by atoms with Crippen LogP contribution in [0.3, 0.4) is 0 Å². The van der Waals surface area contributed by atoms with Crippen molar-refractivity contribution in [1.29, 1.82) is 0 Å². The van der Waals surface area contributed by atoms with Gasteiger partial charge in [-0.15, -0.1) is 0 Å². The van der Waals surface area contributed by atoms with E-state index in [0.717, 1.165) is 0 Å². The zero-order valence-electron chi connectivity index (χ0n) is 9.54. The van der Waals surface area contributed by atoms with E-state index in [1.165, 1.54) is 0 Å². The SMILES string of the molecule is O=C(NC(CC(F)(F)F)C(=O)O)C1CC=CCC1. The van der Waals surface area contributed by atoms with Crippen LogP contribution in [0.25, 0.3) is 0 Å². The van der Waals surface area contributed by atoms with Gasteiger partial charge in [0, 0.05) is 5.92 Å². The van der Waals surface area contributed by atoms with Crippen molar-refractivity contribution in [3.05, 3.63) is 12.2 Å². The topological polar surface area (TPSA) is 66.4 Å². The number of hydrogen-bond donors (Lipinski definition) is 2. The number of amides is 1. The third-order valence-corrected chi connectivity index (χ3v) is 2.69. The van der Waals surface area contributed by atoms with Gasteiger partial charge < -0.3 is 10.4 Å². The van der Waals surface area contributed by atoms with Gasteiger partial charge in [-0.1, -0.05) is 12.2 Å². The molecule has 2 unspecified atom stereocenters. The van der Waals surface area contributed by atoms with Gasteiger partial charge in [-0.3, -0.25) is 4.79 Å². The minimum absolute atomic E-state index is 0.435. The number of carboxylic acids is 1. The Bertz CT molecular complexity index is 352. The zero-order valence-corrected chi connectivity index (χ0v) is 9.54. The molecule has 4 nitrogen and oxygen atoms in total. The van der Waals surface area contributed by atoms with Gasteiger partial charge in [0.15, 0.2) is 0 Å². The van der Waals surface area contributed by atoms with E-state index in [1.807, 2.05) is 11.4 Å². The minimum Gasteiger partial charge on any atom is -0.480 e. The van der Waals surface area contributed by atoms with E-state index in [9.17, 15) is 22.8 Å². The number of carboxylic acid groups (broad SMARTS) is 1.